The molecule has 0 rings (SSSR count). The summed E-state index contributed by atoms with van der Waals surface area (Å²) in [5, 5.41) is 11.8. The van der Waals surface area contributed by atoms with Crippen LogP contribution >= 0.6 is 0 Å². The van der Waals surface area contributed by atoms with Gasteiger partial charge in [-0.15, -0.1) is 0 Å². The van der Waals surface area contributed by atoms with Gasteiger partial charge in [-0.05, 0) is 34.1 Å². The summed E-state index contributed by atoms with van der Waals surface area (Å²) < 4.78 is 5.24. The Morgan fingerprint density at radius 3 is 2.32 bits per heavy atom. The normalized spacial score (nSPS) is 13.8. The molecule has 0 aliphatic heterocycles. The van der Waals surface area contributed by atoms with Gasteiger partial charge in [-0.2, -0.15) is 0 Å². The molecule has 5 heteroatoms. The van der Waals surface area contributed by atoms with Crippen LogP contribution in [-0.2, 0) is 14.3 Å². The van der Waals surface area contributed by atoms with Crippen LogP contribution in [0.2, 0.25) is 0 Å². The molecular weight excluding hydrogens is 246 g/mol. The number of carbonyl (C=O) groups excluding carboxylic acids is 1. The summed E-state index contributed by atoms with van der Waals surface area (Å²) in [6.07, 6.45) is 3.22. The maximum atomic E-state index is 11.8. The predicted molar refractivity (Wildman–Crippen MR) is 73.7 cm³/mol. The number of nitrogens with one attached hydrogen (secondary N) is 1. The number of carboxylic acid groups (broad SMARTS) is 1. The van der Waals surface area contributed by atoms with Crippen LogP contribution in [0.4, 0.5) is 0 Å². The first-order chi connectivity index (χ1) is 8.69. The fourth-order valence-corrected chi connectivity index (χ4v) is 1.65. The molecule has 0 aromatic rings. The van der Waals surface area contributed by atoms with Gasteiger partial charge in [0.15, 0.2) is 0 Å². The van der Waals surface area contributed by atoms with Gasteiger partial charge in [0, 0.05) is 6.04 Å². The standard InChI is InChI=1S/C14H25NO4/c1-6-8-10(15-11(7-2)13(17)18)9-12(16)19-14(3,4)5/h7,10,15H,6,8-9H2,1-5H3,(H,17,18)/b11-7-/t10-/m0/s1. The van der Waals surface area contributed by atoms with Crippen molar-refractivity contribution in [2.24, 2.45) is 0 Å². The van der Waals surface area contributed by atoms with E-state index in [-0.39, 0.29) is 24.1 Å². The van der Waals surface area contributed by atoms with Crippen molar-refractivity contribution in [2.45, 2.75) is 65.5 Å². The minimum atomic E-state index is -1.02. The van der Waals surface area contributed by atoms with Gasteiger partial charge in [0.05, 0.1) is 6.42 Å². The lowest BCUT2D eigenvalue weighted by atomic mass is 10.1. The zero-order chi connectivity index (χ0) is 15.1. The van der Waals surface area contributed by atoms with E-state index < -0.39 is 11.6 Å². The monoisotopic (exact) mass is 271 g/mol. The fraction of sp³-hybridized carbons (Fsp3) is 0.714. The molecule has 0 bridgehead atoms. The average Bonchev–Trinajstić information content (AvgIpc) is 2.22. The Morgan fingerprint density at radius 2 is 1.95 bits per heavy atom. The van der Waals surface area contributed by atoms with Crippen molar-refractivity contribution in [3.63, 3.8) is 0 Å². The van der Waals surface area contributed by atoms with Gasteiger partial charge in [0.2, 0.25) is 0 Å². The van der Waals surface area contributed by atoms with Crippen molar-refractivity contribution in [3.8, 4) is 0 Å². The highest BCUT2D eigenvalue weighted by atomic mass is 16.6. The molecular formula is C14H25NO4. The van der Waals surface area contributed by atoms with Gasteiger partial charge in [-0.25, -0.2) is 4.79 Å². The summed E-state index contributed by atoms with van der Waals surface area (Å²) in [5.41, 5.74) is -0.411. The van der Waals surface area contributed by atoms with Crippen LogP contribution in [0, 0.1) is 0 Å². The number of hydrogen-bond donors (Lipinski definition) is 2. The fourth-order valence-electron chi connectivity index (χ4n) is 1.65. The molecule has 0 aliphatic carbocycles. The van der Waals surface area contributed by atoms with Gasteiger partial charge in [0.25, 0.3) is 0 Å². The van der Waals surface area contributed by atoms with Gasteiger partial charge in [-0.1, -0.05) is 19.4 Å². The lowest BCUT2D eigenvalue weighted by Gasteiger charge is -2.23. The van der Waals surface area contributed by atoms with Crippen molar-refractivity contribution in [1.82, 2.24) is 5.32 Å². The molecule has 5 nitrogen and oxygen atoms in total. The molecule has 2 N–H and O–H groups in total. The number of aliphatic carboxylic acids is 1. The van der Waals surface area contributed by atoms with E-state index in [1.54, 1.807) is 6.92 Å². The van der Waals surface area contributed by atoms with E-state index in [4.69, 9.17) is 9.84 Å². The zero-order valence-corrected chi connectivity index (χ0v) is 12.4. The van der Waals surface area contributed by atoms with E-state index in [0.29, 0.717) is 6.42 Å². The maximum absolute atomic E-state index is 11.8. The van der Waals surface area contributed by atoms with Crippen molar-refractivity contribution in [3.05, 3.63) is 11.8 Å². The number of allylic oxidation sites excluding steroid dienone is 1. The SMILES string of the molecule is C/C=C(\N[C@@H](CCC)CC(=O)OC(C)(C)C)C(=O)O. The van der Waals surface area contributed by atoms with Gasteiger partial charge in [-0.3, -0.25) is 4.79 Å². The molecule has 19 heavy (non-hydrogen) atoms. The molecule has 0 spiro atoms. The number of carboxylic acids is 1. The molecule has 0 fully saturated rings. The summed E-state index contributed by atoms with van der Waals surface area (Å²) in [5.74, 6) is -1.34. The summed E-state index contributed by atoms with van der Waals surface area (Å²) in [4.78, 5) is 22.7. The number of hydrogen-bond acceptors (Lipinski definition) is 4. The average molecular weight is 271 g/mol. The zero-order valence-electron chi connectivity index (χ0n) is 12.4. The lowest BCUT2D eigenvalue weighted by molar-refractivity contribution is -0.155. The van der Waals surface area contributed by atoms with Crippen LogP contribution in [0.1, 0.15) is 53.9 Å². The minimum absolute atomic E-state index is 0.113. The second-order valence-electron chi connectivity index (χ2n) is 5.43. The summed E-state index contributed by atoms with van der Waals surface area (Å²) in [7, 11) is 0. The van der Waals surface area contributed by atoms with E-state index in [1.165, 1.54) is 6.08 Å². The maximum Gasteiger partial charge on any atom is 0.351 e. The lowest BCUT2D eigenvalue weighted by Crippen LogP contribution is -2.35. The van der Waals surface area contributed by atoms with E-state index in [2.05, 4.69) is 5.32 Å². The molecule has 0 amide bonds. The highest BCUT2D eigenvalue weighted by molar-refractivity contribution is 5.85. The Hall–Kier alpha value is -1.52. The Balaban J connectivity index is 4.57. The molecule has 0 radical (unpaired) electrons. The molecule has 0 saturated heterocycles. The first kappa shape index (κ1) is 17.5. The number of carbonyl (C=O) groups is 2. The second-order valence-corrected chi connectivity index (χ2v) is 5.43. The van der Waals surface area contributed by atoms with E-state index in [1.807, 2.05) is 27.7 Å². The Bertz CT molecular complexity index is 342. The summed E-state index contributed by atoms with van der Waals surface area (Å²) in [6, 6.07) is -0.220. The number of ether oxygens (including phenoxy) is 1. The largest absolute Gasteiger partial charge is 0.477 e. The van der Waals surface area contributed by atoms with Crippen LogP contribution in [0.15, 0.2) is 11.8 Å². The minimum Gasteiger partial charge on any atom is -0.477 e. The molecule has 0 aromatic heterocycles. The van der Waals surface area contributed by atoms with Gasteiger partial charge >= 0.3 is 11.9 Å². The van der Waals surface area contributed by atoms with Gasteiger partial charge in [0.1, 0.15) is 11.3 Å². The topological polar surface area (TPSA) is 75.6 Å². The Morgan fingerprint density at radius 1 is 1.37 bits per heavy atom. The Labute approximate surface area is 115 Å². The number of rotatable bonds is 7. The Kier molecular flexibility index (Phi) is 7.19. The smallest absolute Gasteiger partial charge is 0.351 e. The first-order valence-electron chi connectivity index (χ1n) is 6.57. The molecule has 0 aromatic carbocycles. The van der Waals surface area contributed by atoms with E-state index >= 15 is 0 Å². The van der Waals surface area contributed by atoms with E-state index in [0.717, 1.165) is 6.42 Å². The summed E-state index contributed by atoms with van der Waals surface area (Å²) in [6.45, 7) is 9.05. The summed E-state index contributed by atoms with van der Waals surface area (Å²) >= 11 is 0. The van der Waals surface area contributed by atoms with Crippen LogP contribution in [-0.4, -0.2) is 28.7 Å². The quantitative estimate of drug-likeness (QED) is 0.549. The van der Waals surface area contributed by atoms with Crippen LogP contribution < -0.4 is 5.32 Å². The van der Waals surface area contributed by atoms with Crippen molar-refractivity contribution < 1.29 is 19.4 Å². The van der Waals surface area contributed by atoms with Crippen molar-refractivity contribution in [1.29, 1.82) is 0 Å². The van der Waals surface area contributed by atoms with Crippen LogP contribution in [0.3, 0.4) is 0 Å². The number of esters is 1. The third kappa shape index (κ3) is 8.24. The van der Waals surface area contributed by atoms with Gasteiger partial charge < -0.3 is 15.2 Å². The first-order valence-corrected chi connectivity index (χ1v) is 6.57. The van der Waals surface area contributed by atoms with Crippen molar-refractivity contribution >= 4 is 11.9 Å². The molecule has 110 valence electrons. The van der Waals surface area contributed by atoms with Crippen LogP contribution in [0.5, 0.6) is 0 Å². The third-order valence-electron chi connectivity index (χ3n) is 2.35. The molecule has 0 aliphatic rings. The third-order valence-corrected chi connectivity index (χ3v) is 2.35. The molecule has 0 unspecified atom stereocenters. The van der Waals surface area contributed by atoms with E-state index in [9.17, 15) is 9.59 Å². The van der Waals surface area contributed by atoms with Crippen molar-refractivity contribution in [2.75, 3.05) is 0 Å². The molecule has 0 saturated carbocycles. The van der Waals surface area contributed by atoms with Crippen LogP contribution in [0.25, 0.3) is 0 Å². The molecule has 1 atom stereocenters. The molecule has 0 heterocycles. The highest BCUT2D eigenvalue weighted by Crippen LogP contribution is 2.12. The highest BCUT2D eigenvalue weighted by Gasteiger charge is 2.21. The predicted octanol–water partition coefficient (Wildman–Crippen LogP) is 2.46. The second kappa shape index (κ2) is 7.81.